The number of amides is 1. The van der Waals surface area contributed by atoms with Gasteiger partial charge in [-0.1, -0.05) is 12.1 Å². The highest BCUT2D eigenvalue weighted by Gasteiger charge is 2.19. The summed E-state index contributed by atoms with van der Waals surface area (Å²) in [6, 6.07) is 6.29. The van der Waals surface area contributed by atoms with Crippen molar-refractivity contribution in [3.05, 3.63) is 29.8 Å². The van der Waals surface area contributed by atoms with Crippen molar-refractivity contribution in [2.75, 3.05) is 12.5 Å². The second-order valence-electron chi connectivity index (χ2n) is 3.17. The van der Waals surface area contributed by atoms with E-state index in [4.69, 9.17) is 0 Å². The number of ether oxygens (including phenoxy) is 1. The number of esters is 1. The fourth-order valence-corrected chi connectivity index (χ4v) is 1.15. The van der Waals surface area contributed by atoms with Gasteiger partial charge < -0.3 is 4.74 Å². The lowest BCUT2D eigenvalue weighted by atomic mass is 10.1. The van der Waals surface area contributed by atoms with Gasteiger partial charge in [-0.2, -0.15) is 0 Å². The van der Waals surface area contributed by atoms with Crippen molar-refractivity contribution in [3.63, 3.8) is 0 Å². The van der Waals surface area contributed by atoms with Gasteiger partial charge in [-0.25, -0.2) is 4.79 Å². The average Bonchev–Trinajstić information content (AvgIpc) is 2.34. The molecule has 0 heterocycles. The molecular weight excluding hydrogens is 224 g/mol. The van der Waals surface area contributed by atoms with Crippen LogP contribution in [0, 0.1) is 0 Å². The molecule has 0 aromatic heterocycles. The van der Waals surface area contributed by atoms with Crippen molar-refractivity contribution in [1.29, 1.82) is 0 Å². The largest absolute Gasteiger partial charge is 0.463 e. The molecule has 0 atom stereocenters. The van der Waals surface area contributed by atoms with E-state index in [0.717, 1.165) is 7.11 Å². The Labute approximate surface area is 97.9 Å². The number of hydrazine groups is 1. The fraction of sp³-hybridized carbons (Fsp3) is 0.182. The summed E-state index contributed by atoms with van der Waals surface area (Å²) in [5.41, 5.74) is 5.33. The van der Waals surface area contributed by atoms with Crippen molar-refractivity contribution in [2.24, 2.45) is 0 Å². The van der Waals surface area contributed by atoms with Crippen molar-refractivity contribution >= 4 is 23.3 Å². The third-order valence-electron chi connectivity index (χ3n) is 1.92. The summed E-state index contributed by atoms with van der Waals surface area (Å²) in [6.07, 6.45) is 0. The molecule has 0 radical (unpaired) electrons. The fourth-order valence-electron chi connectivity index (χ4n) is 1.15. The van der Waals surface area contributed by atoms with E-state index in [1.165, 1.54) is 13.0 Å². The summed E-state index contributed by atoms with van der Waals surface area (Å²) in [7, 11) is 1.13. The Hall–Kier alpha value is -2.37. The number of rotatable bonds is 4. The van der Waals surface area contributed by atoms with Crippen LogP contribution >= 0.6 is 0 Å². The quantitative estimate of drug-likeness (QED) is 0.344. The third kappa shape index (κ3) is 3.30. The predicted molar refractivity (Wildman–Crippen MR) is 60.2 cm³/mol. The molecule has 6 nitrogen and oxygen atoms in total. The second-order valence-corrected chi connectivity index (χ2v) is 3.17. The monoisotopic (exact) mass is 236 g/mol. The van der Waals surface area contributed by atoms with E-state index in [1.807, 2.05) is 0 Å². The van der Waals surface area contributed by atoms with Crippen LogP contribution in [-0.2, 0) is 14.3 Å². The van der Waals surface area contributed by atoms with Gasteiger partial charge >= 0.3 is 5.97 Å². The van der Waals surface area contributed by atoms with Crippen LogP contribution in [0.3, 0.4) is 0 Å². The highest BCUT2D eigenvalue weighted by Crippen LogP contribution is 2.15. The third-order valence-corrected chi connectivity index (χ3v) is 1.92. The lowest BCUT2D eigenvalue weighted by Gasteiger charge is -2.10. The van der Waals surface area contributed by atoms with E-state index < -0.39 is 11.8 Å². The molecule has 2 N–H and O–H groups in total. The molecule has 0 spiro atoms. The maximum absolute atomic E-state index is 11.6. The van der Waals surface area contributed by atoms with Gasteiger partial charge in [0, 0.05) is 6.92 Å². The number of carbonyl (C=O) groups excluding carboxylic acids is 3. The summed E-state index contributed by atoms with van der Waals surface area (Å²) in [6.45, 7) is 1.32. The Bertz CT molecular complexity index is 457. The van der Waals surface area contributed by atoms with Gasteiger partial charge in [0.25, 0.3) is 5.78 Å². The summed E-state index contributed by atoms with van der Waals surface area (Å²) >= 11 is 0. The van der Waals surface area contributed by atoms with Gasteiger partial charge in [-0.05, 0) is 12.1 Å². The Morgan fingerprint density at radius 1 is 1.18 bits per heavy atom. The number of nitrogens with one attached hydrogen (secondary N) is 2. The number of carbonyl (C=O) groups is 3. The number of benzene rings is 1. The summed E-state index contributed by atoms with van der Waals surface area (Å²) in [4.78, 5) is 33.5. The van der Waals surface area contributed by atoms with Crippen LogP contribution in [0.5, 0.6) is 0 Å². The number of hydrogen-bond acceptors (Lipinski definition) is 5. The summed E-state index contributed by atoms with van der Waals surface area (Å²) < 4.78 is 4.34. The predicted octanol–water partition coefficient (Wildman–Crippen LogP) is 0.505. The summed E-state index contributed by atoms with van der Waals surface area (Å²) in [5.74, 6) is -2.05. The van der Waals surface area contributed by atoms with Gasteiger partial charge in [0.2, 0.25) is 5.91 Å². The molecule has 1 amide bonds. The van der Waals surface area contributed by atoms with Crippen LogP contribution in [0.25, 0.3) is 0 Å². The maximum atomic E-state index is 11.6. The van der Waals surface area contributed by atoms with Gasteiger partial charge in [-0.3, -0.25) is 20.4 Å². The molecule has 0 saturated carbocycles. The molecular formula is C11H12N2O4. The number of Topliss-reactive ketones (excluding diaryl/α,β-unsaturated/α-hetero) is 1. The molecule has 0 fully saturated rings. The highest BCUT2D eigenvalue weighted by molar-refractivity contribution is 6.41. The van der Waals surface area contributed by atoms with Gasteiger partial charge in [0.1, 0.15) is 0 Å². The van der Waals surface area contributed by atoms with E-state index in [-0.39, 0.29) is 11.5 Å². The van der Waals surface area contributed by atoms with E-state index in [2.05, 4.69) is 15.6 Å². The Kier molecular flexibility index (Phi) is 4.21. The standard InChI is InChI=1S/C11H12N2O4/c1-7(14)12-13-9-6-4-3-5-8(9)10(15)11(16)17-2/h3-6,13H,1-2H3,(H,12,14). The molecule has 0 aliphatic rings. The zero-order valence-corrected chi connectivity index (χ0v) is 9.44. The second kappa shape index (κ2) is 5.64. The molecule has 0 unspecified atom stereocenters. The topological polar surface area (TPSA) is 84.5 Å². The molecule has 90 valence electrons. The smallest absolute Gasteiger partial charge is 0.379 e. The van der Waals surface area contributed by atoms with Gasteiger partial charge in [-0.15, -0.1) is 0 Å². The number of ketones is 1. The first-order valence-electron chi connectivity index (χ1n) is 4.80. The van der Waals surface area contributed by atoms with E-state index in [0.29, 0.717) is 5.69 Å². The highest BCUT2D eigenvalue weighted by atomic mass is 16.5. The molecule has 0 saturated heterocycles. The van der Waals surface area contributed by atoms with Crippen LogP contribution in [0.4, 0.5) is 5.69 Å². The van der Waals surface area contributed by atoms with E-state index in [9.17, 15) is 14.4 Å². The van der Waals surface area contributed by atoms with Gasteiger partial charge in [0.15, 0.2) is 0 Å². The number of methoxy groups -OCH3 is 1. The van der Waals surface area contributed by atoms with E-state index in [1.54, 1.807) is 18.2 Å². The normalized spacial score (nSPS) is 9.29. The lowest BCUT2D eigenvalue weighted by Crippen LogP contribution is -2.28. The molecule has 0 aliphatic heterocycles. The number of para-hydroxylation sites is 1. The zero-order chi connectivity index (χ0) is 12.8. The molecule has 6 heteroatoms. The molecule has 1 aromatic carbocycles. The van der Waals surface area contributed by atoms with Crippen LogP contribution in [-0.4, -0.2) is 24.8 Å². The minimum atomic E-state index is -0.956. The molecule has 0 aliphatic carbocycles. The Morgan fingerprint density at radius 3 is 2.41 bits per heavy atom. The van der Waals surface area contributed by atoms with E-state index >= 15 is 0 Å². The first kappa shape index (κ1) is 12.7. The van der Waals surface area contributed by atoms with Crippen LogP contribution in [0.1, 0.15) is 17.3 Å². The minimum absolute atomic E-state index is 0.133. The first-order chi connectivity index (χ1) is 8.06. The van der Waals surface area contributed by atoms with Crippen LogP contribution in [0.2, 0.25) is 0 Å². The lowest BCUT2D eigenvalue weighted by molar-refractivity contribution is -0.135. The molecule has 1 rings (SSSR count). The molecule has 1 aromatic rings. The Balaban J connectivity index is 2.95. The number of anilines is 1. The zero-order valence-electron chi connectivity index (χ0n) is 9.44. The first-order valence-corrected chi connectivity index (χ1v) is 4.80. The minimum Gasteiger partial charge on any atom is -0.463 e. The maximum Gasteiger partial charge on any atom is 0.379 e. The van der Waals surface area contributed by atoms with Crippen molar-refractivity contribution in [2.45, 2.75) is 6.92 Å². The van der Waals surface area contributed by atoms with Crippen molar-refractivity contribution < 1.29 is 19.1 Å². The SMILES string of the molecule is COC(=O)C(=O)c1ccccc1NNC(C)=O. The molecule has 0 bridgehead atoms. The van der Waals surface area contributed by atoms with Crippen molar-refractivity contribution in [3.8, 4) is 0 Å². The molecule has 17 heavy (non-hydrogen) atoms. The Morgan fingerprint density at radius 2 is 1.82 bits per heavy atom. The van der Waals surface area contributed by atoms with Gasteiger partial charge in [0.05, 0.1) is 18.4 Å². The summed E-state index contributed by atoms with van der Waals surface area (Å²) in [5, 5.41) is 0. The van der Waals surface area contributed by atoms with Crippen LogP contribution < -0.4 is 10.9 Å². The van der Waals surface area contributed by atoms with Crippen molar-refractivity contribution in [1.82, 2.24) is 5.43 Å². The average molecular weight is 236 g/mol. The van der Waals surface area contributed by atoms with Crippen LogP contribution in [0.15, 0.2) is 24.3 Å². The number of hydrogen-bond donors (Lipinski definition) is 2.